The summed E-state index contributed by atoms with van der Waals surface area (Å²) in [5.41, 5.74) is 3.57. The average Bonchev–Trinajstić information content (AvgIpc) is 2.77. The van der Waals surface area contributed by atoms with Crippen LogP contribution in [-0.4, -0.2) is 52.9 Å². The minimum absolute atomic E-state index is 0.0593. The van der Waals surface area contributed by atoms with Crippen LogP contribution in [0.3, 0.4) is 0 Å². The molecule has 1 fully saturated rings. The molecule has 3 heterocycles. The molecule has 0 unspecified atom stereocenters. The van der Waals surface area contributed by atoms with Gasteiger partial charge in [0, 0.05) is 18.2 Å². The topological polar surface area (TPSA) is 74.7 Å². The Morgan fingerprint density at radius 2 is 2.07 bits per heavy atom. The summed E-state index contributed by atoms with van der Waals surface area (Å²) in [5.74, 6) is -0.0593. The lowest BCUT2D eigenvalue weighted by Crippen LogP contribution is -2.54. The van der Waals surface area contributed by atoms with Crippen LogP contribution in [-0.2, 0) is 11.2 Å². The van der Waals surface area contributed by atoms with Crippen LogP contribution in [0, 0.1) is 0 Å². The molecule has 0 aliphatic carbocycles. The standard InChI is InChI=1S/C23H22ClN3O3/c24-21-6-5-14(11-25-21)9-15-10-18-22(17-4-2-1-3-16(15)17)26-13-27(23(18)29)19-7-8-30-12-20(19)28/h1-6,10-11,19-20,26,28H,7-9,12-13H2/t19-,20-/m0/s1. The number of benzene rings is 2. The number of aliphatic hydroxyl groups is 1. The van der Waals surface area contributed by atoms with E-state index in [1.54, 1.807) is 17.2 Å². The SMILES string of the molecule is O=C1c2cc(Cc3ccc(Cl)nc3)c3ccccc3c2NCN1[C@H]1CCOC[C@@H]1O. The van der Waals surface area contributed by atoms with Crippen LogP contribution in [0.15, 0.2) is 48.7 Å². The van der Waals surface area contributed by atoms with Gasteiger partial charge in [-0.05, 0) is 41.5 Å². The van der Waals surface area contributed by atoms with Crippen LogP contribution >= 0.6 is 11.6 Å². The normalized spacial score (nSPS) is 21.4. The van der Waals surface area contributed by atoms with Gasteiger partial charge in [0.25, 0.3) is 5.91 Å². The van der Waals surface area contributed by atoms with Crippen molar-refractivity contribution in [1.29, 1.82) is 0 Å². The Balaban J connectivity index is 1.57. The lowest BCUT2D eigenvalue weighted by atomic mass is 9.92. The van der Waals surface area contributed by atoms with E-state index in [-0.39, 0.29) is 18.6 Å². The van der Waals surface area contributed by atoms with E-state index in [1.165, 1.54) is 0 Å². The molecule has 5 rings (SSSR count). The molecule has 0 bridgehead atoms. The molecular weight excluding hydrogens is 402 g/mol. The van der Waals surface area contributed by atoms with Gasteiger partial charge in [-0.1, -0.05) is 41.9 Å². The number of fused-ring (bicyclic) bond motifs is 3. The smallest absolute Gasteiger partial charge is 0.257 e. The Labute approximate surface area is 179 Å². The van der Waals surface area contributed by atoms with E-state index in [0.717, 1.165) is 27.6 Å². The number of aliphatic hydroxyl groups excluding tert-OH is 1. The monoisotopic (exact) mass is 423 g/mol. The molecule has 6 nitrogen and oxygen atoms in total. The molecule has 2 atom stereocenters. The number of ether oxygens (including phenoxy) is 1. The predicted molar refractivity (Wildman–Crippen MR) is 116 cm³/mol. The van der Waals surface area contributed by atoms with Crippen molar-refractivity contribution in [3.63, 3.8) is 0 Å². The van der Waals surface area contributed by atoms with Crippen LogP contribution in [0.1, 0.15) is 27.9 Å². The van der Waals surface area contributed by atoms with E-state index in [9.17, 15) is 9.90 Å². The maximum Gasteiger partial charge on any atom is 0.257 e. The van der Waals surface area contributed by atoms with E-state index in [1.807, 2.05) is 30.3 Å². The second kappa shape index (κ2) is 7.87. The summed E-state index contributed by atoms with van der Waals surface area (Å²) in [6.45, 7) is 1.18. The average molecular weight is 424 g/mol. The van der Waals surface area contributed by atoms with Crippen molar-refractivity contribution in [1.82, 2.24) is 9.88 Å². The van der Waals surface area contributed by atoms with Crippen molar-refractivity contribution < 1.29 is 14.6 Å². The molecule has 0 radical (unpaired) electrons. The molecule has 3 aromatic rings. The largest absolute Gasteiger partial charge is 0.389 e. The number of aromatic nitrogens is 1. The van der Waals surface area contributed by atoms with Gasteiger partial charge < -0.3 is 20.1 Å². The molecule has 0 saturated carbocycles. The van der Waals surface area contributed by atoms with Gasteiger partial charge in [-0.3, -0.25) is 4.79 Å². The van der Waals surface area contributed by atoms with Gasteiger partial charge in [-0.15, -0.1) is 0 Å². The van der Waals surface area contributed by atoms with E-state index in [2.05, 4.69) is 16.4 Å². The second-order valence-corrected chi connectivity index (χ2v) is 8.17. The summed E-state index contributed by atoms with van der Waals surface area (Å²) in [5, 5.41) is 16.4. The Bertz CT molecular complexity index is 1100. The van der Waals surface area contributed by atoms with Crippen molar-refractivity contribution in [3.05, 3.63) is 70.5 Å². The first-order valence-electron chi connectivity index (χ1n) is 10.1. The maximum absolute atomic E-state index is 13.5. The van der Waals surface area contributed by atoms with Gasteiger partial charge in [-0.2, -0.15) is 0 Å². The zero-order valence-electron chi connectivity index (χ0n) is 16.3. The first-order valence-corrected chi connectivity index (χ1v) is 10.5. The lowest BCUT2D eigenvalue weighted by molar-refractivity contribution is -0.0563. The molecule has 0 spiro atoms. The van der Waals surface area contributed by atoms with Gasteiger partial charge in [0.15, 0.2) is 0 Å². The fourth-order valence-electron chi connectivity index (χ4n) is 4.42. The zero-order valence-corrected chi connectivity index (χ0v) is 17.1. The highest BCUT2D eigenvalue weighted by atomic mass is 35.5. The molecule has 1 amide bonds. The number of nitrogens with one attached hydrogen (secondary N) is 1. The first-order chi connectivity index (χ1) is 14.6. The molecule has 2 aliphatic rings. The van der Waals surface area contributed by atoms with Gasteiger partial charge >= 0.3 is 0 Å². The number of hydrogen-bond acceptors (Lipinski definition) is 5. The van der Waals surface area contributed by atoms with Crippen LogP contribution in [0.5, 0.6) is 0 Å². The Kier molecular flexibility index (Phi) is 5.06. The number of anilines is 1. The summed E-state index contributed by atoms with van der Waals surface area (Å²) >= 11 is 5.93. The van der Waals surface area contributed by atoms with E-state index in [4.69, 9.17) is 16.3 Å². The third-order valence-corrected chi connectivity index (χ3v) is 6.15. The number of hydrogen-bond donors (Lipinski definition) is 2. The third kappa shape index (κ3) is 3.41. The minimum Gasteiger partial charge on any atom is -0.389 e. The number of halogens is 1. The molecule has 1 saturated heterocycles. The van der Waals surface area contributed by atoms with Crippen LogP contribution < -0.4 is 5.32 Å². The van der Waals surface area contributed by atoms with Crippen molar-refractivity contribution >= 4 is 34.0 Å². The highest BCUT2D eigenvalue weighted by molar-refractivity contribution is 6.29. The summed E-state index contributed by atoms with van der Waals surface area (Å²) in [6, 6.07) is 13.6. The maximum atomic E-state index is 13.5. The van der Waals surface area contributed by atoms with E-state index >= 15 is 0 Å². The van der Waals surface area contributed by atoms with Gasteiger partial charge in [-0.25, -0.2) is 4.98 Å². The Hall–Kier alpha value is -2.67. The molecule has 30 heavy (non-hydrogen) atoms. The second-order valence-electron chi connectivity index (χ2n) is 7.78. The van der Waals surface area contributed by atoms with Crippen molar-refractivity contribution in [3.8, 4) is 0 Å². The number of carbonyl (C=O) groups is 1. The number of rotatable bonds is 3. The van der Waals surface area contributed by atoms with Crippen molar-refractivity contribution in [2.75, 3.05) is 25.2 Å². The van der Waals surface area contributed by atoms with Crippen LogP contribution in [0.2, 0.25) is 5.15 Å². The lowest BCUT2D eigenvalue weighted by Gasteiger charge is -2.40. The predicted octanol–water partition coefficient (Wildman–Crippen LogP) is 3.45. The highest BCUT2D eigenvalue weighted by Crippen LogP contribution is 2.36. The third-order valence-electron chi connectivity index (χ3n) is 5.92. The van der Waals surface area contributed by atoms with E-state index in [0.29, 0.717) is 36.8 Å². The first kappa shape index (κ1) is 19.3. The number of pyridine rings is 1. The highest BCUT2D eigenvalue weighted by Gasteiger charge is 2.36. The Morgan fingerprint density at radius 3 is 2.83 bits per heavy atom. The van der Waals surface area contributed by atoms with E-state index < -0.39 is 6.10 Å². The fourth-order valence-corrected chi connectivity index (χ4v) is 4.53. The zero-order chi connectivity index (χ0) is 20.7. The summed E-state index contributed by atoms with van der Waals surface area (Å²) < 4.78 is 5.34. The quantitative estimate of drug-likeness (QED) is 0.631. The fraction of sp³-hybridized carbons (Fsp3) is 0.304. The van der Waals surface area contributed by atoms with Crippen molar-refractivity contribution in [2.45, 2.75) is 25.0 Å². The van der Waals surface area contributed by atoms with Crippen LogP contribution in [0.25, 0.3) is 10.8 Å². The van der Waals surface area contributed by atoms with Gasteiger partial charge in [0.2, 0.25) is 0 Å². The number of nitrogens with zero attached hydrogens (tertiary/aromatic N) is 2. The summed E-state index contributed by atoms with van der Waals surface area (Å²) in [4.78, 5) is 19.4. The summed E-state index contributed by atoms with van der Waals surface area (Å²) in [6.07, 6.45) is 2.36. The summed E-state index contributed by atoms with van der Waals surface area (Å²) in [7, 11) is 0. The minimum atomic E-state index is -0.675. The van der Waals surface area contributed by atoms with Gasteiger partial charge in [0.05, 0.1) is 36.7 Å². The molecule has 154 valence electrons. The van der Waals surface area contributed by atoms with Crippen LogP contribution in [0.4, 0.5) is 5.69 Å². The Morgan fingerprint density at radius 1 is 1.23 bits per heavy atom. The molecule has 1 aromatic heterocycles. The molecule has 2 aliphatic heterocycles. The van der Waals surface area contributed by atoms with Crippen molar-refractivity contribution in [2.24, 2.45) is 0 Å². The molecule has 7 heteroatoms. The molecule has 2 N–H and O–H groups in total. The number of amides is 1. The number of carbonyl (C=O) groups excluding carboxylic acids is 1. The van der Waals surface area contributed by atoms with Gasteiger partial charge in [0.1, 0.15) is 5.15 Å². The molecular formula is C23H22ClN3O3. The molecule has 2 aromatic carbocycles.